The van der Waals surface area contributed by atoms with Crippen molar-refractivity contribution in [3.8, 4) is 0 Å². The number of benzene rings is 1. The summed E-state index contributed by atoms with van der Waals surface area (Å²) in [5.41, 5.74) is 6.82. The third-order valence-corrected chi connectivity index (χ3v) is 2.64. The van der Waals surface area contributed by atoms with E-state index < -0.39 is 12.0 Å². The molecule has 0 radical (unpaired) electrons. The number of rotatable bonds is 5. The van der Waals surface area contributed by atoms with Crippen LogP contribution in [0.25, 0.3) is 0 Å². The lowest BCUT2D eigenvalue weighted by atomic mass is 10.0. The van der Waals surface area contributed by atoms with Gasteiger partial charge in [0.05, 0.1) is 18.7 Å². The second-order valence-electron chi connectivity index (χ2n) is 4.79. The molecule has 6 heteroatoms. The smallest absolute Gasteiger partial charge is 0.337 e. The van der Waals surface area contributed by atoms with Crippen LogP contribution in [0.3, 0.4) is 0 Å². The molecule has 0 saturated heterocycles. The summed E-state index contributed by atoms with van der Waals surface area (Å²) in [6.07, 6.45) is 0.631. The Bertz CT molecular complexity index is 446. The fourth-order valence-corrected chi connectivity index (χ4v) is 1.66. The van der Waals surface area contributed by atoms with Crippen LogP contribution in [0, 0.1) is 5.92 Å². The van der Waals surface area contributed by atoms with Gasteiger partial charge in [-0.2, -0.15) is 0 Å². The minimum Gasteiger partial charge on any atom is -0.465 e. The molecule has 0 aliphatic heterocycles. The van der Waals surface area contributed by atoms with E-state index in [0.717, 1.165) is 0 Å². The molecule has 5 nitrogen and oxygen atoms in total. The van der Waals surface area contributed by atoms with Gasteiger partial charge >= 0.3 is 5.97 Å². The number of hydrogen-bond donors (Lipinski definition) is 2. The van der Waals surface area contributed by atoms with Gasteiger partial charge in [-0.1, -0.05) is 13.8 Å². The summed E-state index contributed by atoms with van der Waals surface area (Å²) < 4.78 is 4.59. The molecule has 1 amide bonds. The Morgan fingerprint density at radius 3 is 2.25 bits per heavy atom. The number of carbonyl (C=O) groups is 2. The third kappa shape index (κ3) is 5.59. The fourth-order valence-electron chi connectivity index (χ4n) is 1.66. The van der Waals surface area contributed by atoms with E-state index >= 15 is 0 Å². The molecule has 1 aromatic rings. The van der Waals surface area contributed by atoms with E-state index in [0.29, 0.717) is 23.6 Å². The predicted molar refractivity (Wildman–Crippen MR) is 81.1 cm³/mol. The molecule has 0 aromatic heterocycles. The number of anilines is 1. The van der Waals surface area contributed by atoms with E-state index in [-0.39, 0.29) is 18.3 Å². The van der Waals surface area contributed by atoms with E-state index in [9.17, 15) is 9.59 Å². The molecule has 0 aliphatic carbocycles. The summed E-state index contributed by atoms with van der Waals surface area (Å²) >= 11 is 0. The maximum absolute atomic E-state index is 11.8. The normalized spacial score (nSPS) is 11.4. The van der Waals surface area contributed by atoms with Gasteiger partial charge in [0, 0.05) is 5.69 Å². The molecular weight excluding hydrogens is 280 g/mol. The maximum atomic E-state index is 11.8. The second-order valence-corrected chi connectivity index (χ2v) is 4.79. The summed E-state index contributed by atoms with van der Waals surface area (Å²) in [4.78, 5) is 23.0. The molecule has 0 unspecified atom stereocenters. The quantitative estimate of drug-likeness (QED) is 0.817. The Kier molecular flexibility index (Phi) is 7.87. The number of carbonyl (C=O) groups excluding carboxylic acids is 2. The molecule has 112 valence electrons. The lowest BCUT2D eigenvalue weighted by Gasteiger charge is -2.14. The van der Waals surface area contributed by atoms with Crippen molar-refractivity contribution in [1.82, 2.24) is 0 Å². The van der Waals surface area contributed by atoms with Crippen molar-refractivity contribution < 1.29 is 14.3 Å². The van der Waals surface area contributed by atoms with E-state index in [4.69, 9.17) is 5.73 Å². The summed E-state index contributed by atoms with van der Waals surface area (Å²) in [6, 6.07) is 5.95. The van der Waals surface area contributed by atoms with Crippen LogP contribution < -0.4 is 11.1 Å². The average molecular weight is 301 g/mol. The first kappa shape index (κ1) is 18.4. The standard InChI is InChI=1S/C14H20N2O3.ClH/c1-9(2)8-12(15)13(17)16-11-6-4-10(5-7-11)14(18)19-3;/h4-7,9,12H,8,15H2,1-3H3,(H,16,17);1H/t12-;/m0./s1. The minimum atomic E-state index is -0.528. The average Bonchev–Trinajstić information content (AvgIpc) is 2.37. The predicted octanol–water partition coefficient (Wildman–Crippen LogP) is 2.21. The van der Waals surface area contributed by atoms with Gasteiger partial charge in [-0.3, -0.25) is 4.79 Å². The Morgan fingerprint density at radius 1 is 1.25 bits per heavy atom. The topological polar surface area (TPSA) is 81.4 Å². The van der Waals surface area contributed by atoms with Crippen molar-refractivity contribution in [2.45, 2.75) is 26.3 Å². The zero-order valence-electron chi connectivity index (χ0n) is 11.9. The second kappa shape index (κ2) is 8.55. The number of esters is 1. The Labute approximate surface area is 125 Å². The molecule has 0 heterocycles. The summed E-state index contributed by atoms with van der Waals surface area (Å²) in [5, 5.41) is 2.72. The van der Waals surface area contributed by atoms with Gasteiger partial charge in [-0.15, -0.1) is 12.4 Å². The SMILES string of the molecule is COC(=O)c1ccc(NC(=O)[C@@H](N)CC(C)C)cc1.Cl. The number of nitrogens with one attached hydrogen (secondary N) is 1. The largest absolute Gasteiger partial charge is 0.465 e. The number of nitrogens with two attached hydrogens (primary N) is 1. The molecule has 1 rings (SSSR count). The third-order valence-electron chi connectivity index (χ3n) is 2.64. The molecular formula is C14H21ClN2O3. The summed E-state index contributed by atoms with van der Waals surface area (Å²) in [6.45, 7) is 4.02. The number of amides is 1. The summed E-state index contributed by atoms with van der Waals surface area (Å²) in [5.74, 6) is -0.267. The van der Waals surface area contributed by atoms with Gasteiger partial charge in [0.25, 0.3) is 0 Å². The fraction of sp³-hybridized carbons (Fsp3) is 0.429. The minimum absolute atomic E-state index is 0. The number of methoxy groups -OCH3 is 1. The maximum Gasteiger partial charge on any atom is 0.337 e. The van der Waals surface area contributed by atoms with Crippen LogP contribution in [0.4, 0.5) is 5.69 Å². The van der Waals surface area contributed by atoms with Crippen LogP contribution in [0.1, 0.15) is 30.6 Å². The van der Waals surface area contributed by atoms with Crippen molar-refractivity contribution in [1.29, 1.82) is 0 Å². The highest BCUT2D eigenvalue weighted by molar-refractivity contribution is 5.95. The van der Waals surface area contributed by atoms with Crippen molar-refractivity contribution in [3.05, 3.63) is 29.8 Å². The van der Waals surface area contributed by atoms with Gasteiger partial charge in [-0.05, 0) is 36.6 Å². The van der Waals surface area contributed by atoms with Crippen LogP contribution in [-0.4, -0.2) is 25.0 Å². The molecule has 0 spiro atoms. The van der Waals surface area contributed by atoms with Gasteiger partial charge in [0.15, 0.2) is 0 Å². The lowest BCUT2D eigenvalue weighted by molar-refractivity contribution is -0.117. The lowest BCUT2D eigenvalue weighted by Crippen LogP contribution is -2.36. The van der Waals surface area contributed by atoms with Crippen LogP contribution in [0.2, 0.25) is 0 Å². The monoisotopic (exact) mass is 300 g/mol. The van der Waals surface area contributed by atoms with Crippen LogP contribution in [0.5, 0.6) is 0 Å². The van der Waals surface area contributed by atoms with Crippen LogP contribution >= 0.6 is 12.4 Å². The van der Waals surface area contributed by atoms with Crippen molar-refractivity contribution in [2.75, 3.05) is 12.4 Å². The first-order valence-electron chi connectivity index (χ1n) is 6.19. The van der Waals surface area contributed by atoms with E-state index in [1.54, 1.807) is 24.3 Å². The summed E-state index contributed by atoms with van der Waals surface area (Å²) in [7, 11) is 1.32. The number of halogens is 1. The number of hydrogen-bond acceptors (Lipinski definition) is 4. The van der Waals surface area contributed by atoms with Crippen LogP contribution in [0.15, 0.2) is 24.3 Å². The molecule has 3 N–H and O–H groups in total. The van der Waals surface area contributed by atoms with E-state index in [1.165, 1.54) is 7.11 Å². The zero-order chi connectivity index (χ0) is 14.4. The molecule has 1 atom stereocenters. The molecule has 1 aromatic carbocycles. The van der Waals surface area contributed by atoms with Gasteiger partial charge in [-0.25, -0.2) is 4.79 Å². The first-order valence-corrected chi connectivity index (χ1v) is 6.19. The Morgan fingerprint density at radius 2 is 1.80 bits per heavy atom. The van der Waals surface area contributed by atoms with Gasteiger partial charge < -0.3 is 15.8 Å². The highest BCUT2D eigenvalue weighted by Crippen LogP contribution is 2.12. The Hall–Kier alpha value is -1.59. The van der Waals surface area contributed by atoms with Gasteiger partial charge in [0.1, 0.15) is 0 Å². The van der Waals surface area contributed by atoms with Crippen LogP contribution in [-0.2, 0) is 9.53 Å². The van der Waals surface area contributed by atoms with Crippen molar-refractivity contribution >= 4 is 30.0 Å². The number of ether oxygens (including phenoxy) is 1. The molecule has 20 heavy (non-hydrogen) atoms. The van der Waals surface area contributed by atoms with Crippen molar-refractivity contribution in [3.63, 3.8) is 0 Å². The molecule has 0 aliphatic rings. The molecule has 0 fully saturated rings. The van der Waals surface area contributed by atoms with E-state index in [2.05, 4.69) is 10.1 Å². The van der Waals surface area contributed by atoms with Gasteiger partial charge in [0.2, 0.25) is 5.91 Å². The van der Waals surface area contributed by atoms with Crippen molar-refractivity contribution in [2.24, 2.45) is 11.7 Å². The molecule has 0 saturated carbocycles. The zero-order valence-corrected chi connectivity index (χ0v) is 12.7. The molecule has 0 bridgehead atoms. The van der Waals surface area contributed by atoms with E-state index in [1.807, 2.05) is 13.8 Å². The highest BCUT2D eigenvalue weighted by atomic mass is 35.5. The highest BCUT2D eigenvalue weighted by Gasteiger charge is 2.15. The first-order chi connectivity index (χ1) is 8.93. The Balaban J connectivity index is 0.00000361.